The van der Waals surface area contributed by atoms with Crippen LogP contribution in [0.25, 0.3) is 0 Å². The Hall–Kier alpha value is -0.120. The molecule has 2 N–H and O–H groups in total. The number of aliphatic hydroxyl groups excluding tert-OH is 1. The number of aliphatic hydroxyl groups is 1. The molecule has 2 rings (SSSR count). The molecule has 112 valence electrons. The van der Waals surface area contributed by atoms with Crippen LogP contribution in [0.2, 0.25) is 0 Å². The minimum Gasteiger partial charge on any atom is -0.395 e. The summed E-state index contributed by atoms with van der Waals surface area (Å²) in [6.07, 6.45) is 8.15. The lowest BCUT2D eigenvalue weighted by Gasteiger charge is -2.43. The van der Waals surface area contributed by atoms with Crippen molar-refractivity contribution in [3.8, 4) is 0 Å². The zero-order chi connectivity index (χ0) is 13.7. The summed E-state index contributed by atoms with van der Waals surface area (Å²) in [7, 11) is 0. The highest BCUT2D eigenvalue weighted by Crippen LogP contribution is 2.41. The molecule has 3 heteroatoms. The smallest absolute Gasteiger partial charge is 0.0558 e. The quantitative estimate of drug-likeness (QED) is 0.709. The maximum absolute atomic E-state index is 9.29. The average Bonchev–Trinajstić information content (AvgIpc) is 3.24. The van der Waals surface area contributed by atoms with Crippen molar-refractivity contribution in [2.24, 2.45) is 11.3 Å². The highest BCUT2D eigenvalue weighted by atomic mass is 16.3. The van der Waals surface area contributed by atoms with Gasteiger partial charge in [-0.15, -0.1) is 0 Å². The second kappa shape index (κ2) is 7.05. The maximum atomic E-state index is 9.29. The Morgan fingerprint density at radius 2 is 1.89 bits per heavy atom. The molecule has 0 unspecified atom stereocenters. The molecule has 0 bridgehead atoms. The maximum Gasteiger partial charge on any atom is 0.0558 e. The molecular weight excluding hydrogens is 236 g/mol. The van der Waals surface area contributed by atoms with Crippen LogP contribution in [-0.4, -0.2) is 48.8 Å². The Morgan fingerprint density at radius 3 is 2.42 bits per heavy atom. The van der Waals surface area contributed by atoms with E-state index in [1.165, 1.54) is 45.1 Å². The largest absolute Gasteiger partial charge is 0.395 e. The Bertz CT molecular complexity index is 252. The van der Waals surface area contributed by atoms with Gasteiger partial charge in [-0.3, -0.25) is 4.90 Å². The summed E-state index contributed by atoms with van der Waals surface area (Å²) in [5.74, 6) is 0.905. The van der Waals surface area contributed by atoms with Crippen LogP contribution in [0.15, 0.2) is 0 Å². The molecule has 2 aliphatic carbocycles. The van der Waals surface area contributed by atoms with Crippen LogP contribution < -0.4 is 5.32 Å². The molecule has 0 atom stereocenters. The highest BCUT2D eigenvalue weighted by molar-refractivity contribution is 4.93. The van der Waals surface area contributed by atoms with Gasteiger partial charge in [0.15, 0.2) is 0 Å². The van der Waals surface area contributed by atoms with Crippen molar-refractivity contribution in [1.82, 2.24) is 10.2 Å². The molecule has 0 heterocycles. The summed E-state index contributed by atoms with van der Waals surface area (Å²) >= 11 is 0. The summed E-state index contributed by atoms with van der Waals surface area (Å²) in [5.41, 5.74) is 0.459. The SMILES string of the molecule is CCNCC1(CN(CCO)C2CC2)CCC(C)CC1. The lowest BCUT2D eigenvalue weighted by Crippen LogP contribution is -2.47. The van der Waals surface area contributed by atoms with Crippen molar-refractivity contribution in [3.05, 3.63) is 0 Å². The van der Waals surface area contributed by atoms with Gasteiger partial charge in [-0.2, -0.15) is 0 Å². The zero-order valence-electron chi connectivity index (χ0n) is 12.8. The molecule has 2 fully saturated rings. The average molecular weight is 268 g/mol. The van der Waals surface area contributed by atoms with Gasteiger partial charge in [0.2, 0.25) is 0 Å². The molecule has 2 saturated carbocycles. The number of rotatable bonds is 8. The molecule has 3 nitrogen and oxygen atoms in total. The lowest BCUT2D eigenvalue weighted by molar-refractivity contribution is 0.0719. The Kier molecular flexibility index (Phi) is 5.67. The molecule has 0 aromatic heterocycles. The monoisotopic (exact) mass is 268 g/mol. The molecule has 0 aromatic rings. The van der Waals surface area contributed by atoms with Gasteiger partial charge in [-0.25, -0.2) is 0 Å². The first-order valence-electron chi connectivity index (χ1n) is 8.25. The number of nitrogens with one attached hydrogen (secondary N) is 1. The van der Waals surface area contributed by atoms with E-state index in [2.05, 4.69) is 24.1 Å². The Morgan fingerprint density at radius 1 is 1.21 bits per heavy atom. The van der Waals surface area contributed by atoms with E-state index >= 15 is 0 Å². The second-order valence-corrected chi connectivity index (χ2v) is 6.89. The summed E-state index contributed by atoms with van der Waals surface area (Å²) < 4.78 is 0. The predicted octanol–water partition coefficient (Wildman–Crippen LogP) is 2.25. The molecule has 0 spiro atoms. The third kappa shape index (κ3) is 4.44. The molecular formula is C16H32N2O. The summed E-state index contributed by atoms with van der Waals surface area (Å²) in [6, 6.07) is 0.769. The van der Waals surface area contributed by atoms with Gasteiger partial charge in [-0.1, -0.05) is 26.7 Å². The predicted molar refractivity (Wildman–Crippen MR) is 80.3 cm³/mol. The fourth-order valence-corrected chi connectivity index (χ4v) is 3.55. The van der Waals surface area contributed by atoms with E-state index in [0.29, 0.717) is 12.0 Å². The number of nitrogens with zero attached hydrogens (tertiary/aromatic N) is 1. The van der Waals surface area contributed by atoms with Crippen molar-refractivity contribution in [3.63, 3.8) is 0 Å². The lowest BCUT2D eigenvalue weighted by atomic mass is 9.70. The van der Waals surface area contributed by atoms with Crippen LogP contribution in [0.3, 0.4) is 0 Å². The molecule has 19 heavy (non-hydrogen) atoms. The molecule has 0 radical (unpaired) electrons. The first-order valence-corrected chi connectivity index (χ1v) is 8.25. The van der Waals surface area contributed by atoms with E-state index in [-0.39, 0.29) is 0 Å². The van der Waals surface area contributed by atoms with Crippen molar-refractivity contribution in [2.45, 2.75) is 58.4 Å². The highest BCUT2D eigenvalue weighted by Gasteiger charge is 2.39. The van der Waals surface area contributed by atoms with Gasteiger partial charge in [0.25, 0.3) is 0 Å². The van der Waals surface area contributed by atoms with Crippen LogP contribution in [0.1, 0.15) is 52.4 Å². The molecule has 0 saturated heterocycles. The summed E-state index contributed by atoms with van der Waals surface area (Å²) in [4.78, 5) is 2.56. The normalized spacial score (nSPS) is 31.9. The van der Waals surface area contributed by atoms with E-state index in [9.17, 15) is 5.11 Å². The molecule has 0 aromatic carbocycles. The third-order valence-corrected chi connectivity index (χ3v) is 5.07. The van der Waals surface area contributed by atoms with Crippen LogP contribution in [0.4, 0.5) is 0 Å². The van der Waals surface area contributed by atoms with E-state index in [1.54, 1.807) is 0 Å². The number of hydrogen-bond donors (Lipinski definition) is 2. The van der Waals surface area contributed by atoms with Crippen LogP contribution >= 0.6 is 0 Å². The van der Waals surface area contributed by atoms with Crippen molar-refractivity contribution in [2.75, 3.05) is 32.8 Å². The van der Waals surface area contributed by atoms with E-state index < -0.39 is 0 Å². The van der Waals surface area contributed by atoms with E-state index in [4.69, 9.17) is 0 Å². The second-order valence-electron chi connectivity index (χ2n) is 6.89. The standard InChI is InChI=1S/C16H32N2O/c1-3-17-12-16(8-6-14(2)7-9-16)13-18(10-11-19)15-4-5-15/h14-15,17,19H,3-13H2,1-2H3. The van der Waals surface area contributed by atoms with Crippen molar-refractivity contribution >= 4 is 0 Å². The molecule has 0 amide bonds. The van der Waals surface area contributed by atoms with Crippen molar-refractivity contribution < 1.29 is 5.11 Å². The van der Waals surface area contributed by atoms with E-state index in [1.807, 2.05) is 0 Å². The first-order chi connectivity index (χ1) is 9.19. The fraction of sp³-hybridized carbons (Fsp3) is 1.00. The molecule has 0 aliphatic heterocycles. The van der Waals surface area contributed by atoms with Gasteiger partial charge in [-0.05, 0) is 43.6 Å². The van der Waals surface area contributed by atoms with Crippen molar-refractivity contribution in [1.29, 1.82) is 0 Å². The Labute approximate surface area is 118 Å². The van der Waals surface area contributed by atoms with Crippen LogP contribution in [0.5, 0.6) is 0 Å². The van der Waals surface area contributed by atoms with Gasteiger partial charge in [0, 0.05) is 25.7 Å². The minimum atomic E-state index is 0.310. The minimum absolute atomic E-state index is 0.310. The first kappa shape index (κ1) is 15.3. The van der Waals surface area contributed by atoms with Gasteiger partial charge in [0.05, 0.1) is 6.61 Å². The van der Waals surface area contributed by atoms with Gasteiger partial charge >= 0.3 is 0 Å². The van der Waals surface area contributed by atoms with E-state index in [0.717, 1.165) is 31.6 Å². The fourth-order valence-electron chi connectivity index (χ4n) is 3.55. The zero-order valence-corrected chi connectivity index (χ0v) is 12.8. The van der Waals surface area contributed by atoms with Crippen LogP contribution in [0, 0.1) is 11.3 Å². The number of hydrogen-bond acceptors (Lipinski definition) is 3. The topological polar surface area (TPSA) is 35.5 Å². The third-order valence-electron chi connectivity index (χ3n) is 5.07. The Balaban J connectivity index is 1.95. The molecule has 2 aliphatic rings. The summed E-state index contributed by atoms with van der Waals surface area (Å²) in [5, 5.41) is 12.9. The van der Waals surface area contributed by atoms with Gasteiger partial charge in [0.1, 0.15) is 0 Å². The van der Waals surface area contributed by atoms with Crippen LogP contribution in [-0.2, 0) is 0 Å². The summed E-state index contributed by atoms with van der Waals surface area (Å²) in [6.45, 7) is 9.19. The van der Waals surface area contributed by atoms with Gasteiger partial charge < -0.3 is 10.4 Å².